The lowest BCUT2D eigenvalue weighted by Gasteiger charge is -2.23. The molecule has 0 saturated carbocycles. The average molecular weight is 439 g/mol. The van der Waals surface area contributed by atoms with Gasteiger partial charge in [0, 0.05) is 12.7 Å². The Morgan fingerprint density at radius 1 is 1.06 bits per heavy atom. The molecule has 3 aromatic rings. The molecule has 0 spiro atoms. The topological polar surface area (TPSA) is 112 Å². The number of hydrogen-bond donors (Lipinski definition) is 3. The molecule has 0 saturated heterocycles. The Bertz CT molecular complexity index is 1090. The van der Waals surface area contributed by atoms with Gasteiger partial charge in [-0.3, -0.25) is 14.9 Å². The summed E-state index contributed by atoms with van der Waals surface area (Å²) in [5.41, 5.74) is 3.36. The number of rotatable bonds is 7. The van der Waals surface area contributed by atoms with E-state index in [0.717, 1.165) is 5.56 Å². The standard InChI is InChI=1S/C23H22FN3O5/c1-15-18(11-25-20(21(15)28)22(29)26-31)13-27(12-16-7-9-19(24)10-8-16)23(30)32-14-17-5-3-2-4-6-17/h2-11,28,31H,12-14H2,1H3,(H,26,29). The number of carbonyl (C=O) groups excluding carboxylic acids is 2. The van der Waals surface area contributed by atoms with Crippen molar-refractivity contribution in [3.8, 4) is 5.75 Å². The zero-order valence-corrected chi connectivity index (χ0v) is 17.3. The molecule has 32 heavy (non-hydrogen) atoms. The summed E-state index contributed by atoms with van der Waals surface area (Å²) >= 11 is 0. The van der Waals surface area contributed by atoms with E-state index in [1.54, 1.807) is 19.1 Å². The third kappa shape index (κ3) is 5.58. The van der Waals surface area contributed by atoms with Crippen LogP contribution in [0.1, 0.15) is 32.7 Å². The quantitative estimate of drug-likeness (QED) is 0.382. The van der Waals surface area contributed by atoms with Crippen LogP contribution in [0.4, 0.5) is 9.18 Å². The summed E-state index contributed by atoms with van der Waals surface area (Å²) in [6.45, 7) is 1.76. The number of carbonyl (C=O) groups is 2. The molecule has 3 N–H and O–H groups in total. The normalized spacial score (nSPS) is 10.5. The first-order valence-corrected chi connectivity index (χ1v) is 9.71. The first kappa shape index (κ1) is 22.7. The highest BCUT2D eigenvalue weighted by molar-refractivity contribution is 5.94. The van der Waals surface area contributed by atoms with Gasteiger partial charge >= 0.3 is 6.09 Å². The predicted molar refractivity (Wildman–Crippen MR) is 112 cm³/mol. The minimum Gasteiger partial charge on any atom is -0.505 e. The van der Waals surface area contributed by atoms with Crippen LogP contribution >= 0.6 is 0 Å². The van der Waals surface area contributed by atoms with Crippen LogP contribution in [0.5, 0.6) is 5.75 Å². The van der Waals surface area contributed by atoms with Gasteiger partial charge in [-0.1, -0.05) is 42.5 Å². The molecule has 8 nitrogen and oxygen atoms in total. The number of aromatic hydroxyl groups is 1. The lowest BCUT2D eigenvalue weighted by molar-refractivity contribution is 0.0696. The summed E-state index contributed by atoms with van der Waals surface area (Å²) in [6, 6.07) is 14.9. The molecule has 0 atom stereocenters. The number of benzene rings is 2. The molecule has 0 fully saturated rings. The summed E-state index contributed by atoms with van der Waals surface area (Å²) in [4.78, 5) is 29.7. The Labute approximate surface area is 183 Å². The second-order valence-electron chi connectivity index (χ2n) is 7.07. The van der Waals surface area contributed by atoms with E-state index in [1.807, 2.05) is 30.3 Å². The minimum absolute atomic E-state index is 0.0123. The van der Waals surface area contributed by atoms with Crippen LogP contribution in [0.25, 0.3) is 0 Å². The van der Waals surface area contributed by atoms with E-state index in [0.29, 0.717) is 16.7 Å². The number of amides is 2. The van der Waals surface area contributed by atoms with Crippen LogP contribution < -0.4 is 5.48 Å². The van der Waals surface area contributed by atoms with E-state index in [1.165, 1.54) is 28.7 Å². The van der Waals surface area contributed by atoms with Crippen molar-refractivity contribution < 1.29 is 29.0 Å². The molecule has 9 heteroatoms. The highest BCUT2D eigenvalue weighted by Crippen LogP contribution is 2.25. The Kier molecular flexibility index (Phi) is 7.35. The van der Waals surface area contributed by atoms with Crippen molar-refractivity contribution in [3.05, 3.63) is 94.6 Å². The van der Waals surface area contributed by atoms with E-state index >= 15 is 0 Å². The van der Waals surface area contributed by atoms with E-state index < -0.39 is 23.6 Å². The van der Waals surface area contributed by atoms with Crippen molar-refractivity contribution in [1.82, 2.24) is 15.4 Å². The van der Waals surface area contributed by atoms with Crippen molar-refractivity contribution in [2.45, 2.75) is 26.6 Å². The highest BCUT2D eigenvalue weighted by Gasteiger charge is 2.21. The molecule has 0 radical (unpaired) electrons. The molecular weight excluding hydrogens is 417 g/mol. The van der Waals surface area contributed by atoms with Gasteiger partial charge in [0.1, 0.15) is 18.2 Å². The van der Waals surface area contributed by atoms with E-state index in [9.17, 15) is 19.1 Å². The molecule has 2 amide bonds. The summed E-state index contributed by atoms with van der Waals surface area (Å²) in [5.74, 6) is -1.76. The van der Waals surface area contributed by atoms with Crippen LogP contribution in [0.2, 0.25) is 0 Å². The fourth-order valence-electron chi connectivity index (χ4n) is 3.02. The van der Waals surface area contributed by atoms with Gasteiger partial charge in [-0.25, -0.2) is 19.6 Å². The number of nitrogens with zero attached hydrogens (tertiary/aromatic N) is 2. The number of ether oxygens (including phenoxy) is 1. The molecule has 2 aromatic carbocycles. The SMILES string of the molecule is Cc1c(CN(Cc2ccc(F)cc2)C(=O)OCc2ccccc2)cnc(C(=O)NO)c1O. The van der Waals surface area contributed by atoms with Gasteiger partial charge in [-0.15, -0.1) is 0 Å². The number of nitrogens with one attached hydrogen (secondary N) is 1. The second kappa shape index (κ2) is 10.4. The maximum Gasteiger partial charge on any atom is 0.410 e. The Hall–Kier alpha value is -3.98. The lowest BCUT2D eigenvalue weighted by Crippen LogP contribution is -2.31. The Morgan fingerprint density at radius 3 is 2.41 bits per heavy atom. The molecule has 1 aromatic heterocycles. The van der Waals surface area contributed by atoms with E-state index in [2.05, 4.69) is 4.98 Å². The number of aromatic nitrogens is 1. The zero-order valence-electron chi connectivity index (χ0n) is 17.3. The second-order valence-corrected chi connectivity index (χ2v) is 7.07. The fourth-order valence-corrected chi connectivity index (χ4v) is 3.02. The Balaban J connectivity index is 1.83. The zero-order chi connectivity index (χ0) is 23.1. The molecule has 0 aliphatic rings. The van der Waals surface area contributed by atoms with Crippen LogP contribution in [-0.2, 0) is 24.4 Å². The number of halogens is 1. The van der Waals surface area contributed by atoms with Gasteiger partial charge in [0.25, 0.3) is 5.91 Å². The average Bonchev–Trinajstić information content (AvgIpc) is 2.81. The van der Waals surface area contributed by atoms with Crippen LogP contribution in [0, 0.1) is 12.7 Å². The summed E-state index contributed by atoms with van der Waals surface area (Å²) in [5, 5.41) is 19.1. The maximum atomic E-state index is 13.3. The van der Waals surface area contributed by atoms with Gasteiger partial charge in [-0.05, 0) is 41.3 Å². The van der Waals surface area contributed by atoms with E-state index in [4.69, 9.17) is 9.94 Å². The minimum atomic E-state index is -0.956. The molecule has 1 heterocycles. The third-order valence-corrected chi connectivity index (χ3v) is 4.84. The lowest BCUT2D eigenvalue weighted by atomic mass is 10.1. The van der Waals surface area contributed by atoms with Gasteiger partial charge in [0.05, 0.1) is 6.54 Å². The number of hydroxylamine groups is 1. The number of pyridine rings is 1. The van der Waals surface area contributed by atoms with Gasteiger partial charge in [0.2, 0.25) is 0 Å². The molecule has 0 bridgehead atoms. The Morgan fingerprint density at radius 2 is 1.75 bits per heavy atom. The molecule has 166 valence electrons. The fraction of sp³-hybridized carbons (Fsp3) is 0.174. The van der Waals surface area contributed by atoms with Crippen molar-refractivity contribution in [2.24, 2.45) is 0 Å². The third-order valence-electron chi connectivity index (χ3n) is 4.84. The number of hydrogen-bond acceptors (Lipinski definition) is 6. The van der Waals surface area contributed by atoms with Crippen molar-refractivity contribution >= 4 is 12.0 Å². The first-order valence-electron chi connectivity index (χ1n) is 9.71. The monoisotopic (exact) mass is 439 g/mol. The van der Waals surface area contributed by atoms with Crippen molar-refractivity contribution in [3.63, 3.8) is 0 Å². The van der Waals surface area contributed by atoms with Gasteiger partial charge < -0.3 is 9.84 Å². The summed E-state index contributed by atoms with van der Waals surface area (Å²) < 4.78 is 18.7. The van der Waals surface area contributed by atoms with Gasteiger partial charge in [-0.2, -0.15) is 0 Å². The maximum absolute atomic E-state index is 13.3. The van der Waals surface area contributed by atoms with E-state index in [-0.39, 0.29) is 25.4 Å². The molecule has 0 aliphatic carbocycles. The highest BCUT2D eigenvalue weighted by atomic mass is 19.1. The molecular formula is C23H22FN3O5. The van der Waals surface area contributed by atoms with Crippen molar-refractivity contribution in [2.75, 3.05) is 0 Å². The van der Waals surface area contributed by atoms with Crippen LogP contribution in [0.15, 0.2) is 60.8 Å². The molecule has 3 rings (SSSR count). The largest absolute Gasteiger partial charge is 0.505 e. The summed E-state index contributed by atoms with van der Waals surface area (Å²) in [6.07, 6.45) is 0.719. The van der Waals surface area contributed by atoms with Crippen LogP contribution in [0.3, 0.4) is 0 Å². The van der Waals surface area contributed by atoms with Crippen molar-refractivity contribution in [1.29, 1.82) is 0 Å². The first-order chi connectivity index (χ1) is 15.4. The van der Waals surface area contributed by atoms with Gasteiger partial charge in [0.15, 0.2) is 5.69 Å². The summed E-state index contributed by atoms with van der Waals surface area (Å²) in [7, 11) is 0. The molecule has 0 unspecified atom stereocenters. The molecule has 0 aliphatic heterocycles. The predicted octanol–water partition coefficient (Wildman–Crippen LogP) is 3.69. The van der Waals surface area contributed by atoms with Crippen LogP contribution in [-0.4, -0.2) is 32.2 Å². The smallest absolute Gasteiger partial charge is 0.410 e.